The van der Waals surface area contributed by atoms with Gasteiger partial charge in [0, 0.05) is 51.5 Å². The first kappa shape index (κ1) is 20.3. The van der Waals surface area contributed by atoms with Gasteiger partial charge in [-0.15, -0.1) is 0 Å². The number of benzene rings is 2. The summed E-state index contributed by atoms with van der Waals surface area (Å²) in [4.78, 5) is 18.0. The zero-order valence-corrected chi connectivity index (χ0v) is 17.4. The van der Waals surface area contributed by atoms with Gasteiger partial charge in [0.2, 0.25) is 5.91 Å². The molecule has 0 spiro atoms. The Morgan fingerprint density at radius 1 is 1.23 bits per heavy atom. The topological polar surface area (TPSA) is 50.2 Å². The van der Waals surface area contributed by atoms with Crippen molar-refractivity contribution in [1.29, 1.82) is 0 Å². The number of amides is 1. The standard InChI is InChI=1S/C24H27FN4O/c1-17-26-9-11-28(17)15-20-5-3-4-19(12-20)14-27-24-8-10-29(18(2)30)16-21-13-22(25)6-7-23(21)24/h3-7,9,11-13,24,27H,8,10,14-16H2,1-2H3/t24-/m1/s1. The predicted octanol–water partition coefficient (Wildman–Crippen LogP) is 3.96. The van der Waals surface area contributed by atoms with Gasteiger partial charge in [-0.2, -0.15) is 0 Å². The number of aromatic nitrogens is 2. The van der Waals surface area contributed by atoms with Crippen molar-refractivity contribution in [3.05, 3.63) is 88.8 Å². The van der Waals surface area contributed by atoms with Crippen molar-refractivity contribution in [3.63, 3.8) is 0 Å². The van der Waals surface area contributed by atoms with Gasteiger partial charge >= 0.3 is 0 Å². The summed E-state index contributed by atoms with van der Waals surface area (Å²) < 4.78 is 16.0. The lowest BCUT2D eigenvalue weighted by Gasteiger charge is -2.20. The molecule has 1 aliphatic rings. The molecule has 2 aromatic carbocycles. The summed E-state index contributed by atoms with van der Waals surface area (Å²) in [6, 6.07) is 13.5. The number of hydrogen-bond donors (Lipinski definition) is 1. The molecule has 30 heavy (non-hydrogen) atoms. The van der Waals surface area contributed by atoms with Crippen LogP contribution in [0.2, 0.25) is 0 Å². The maximum atomic E-state index is 13.8. The quantitative estimate of drug-likeness (QED) is 0.698. The van der Waals surface area contributed by atoms with Crippen molar-refractivity contribution < 1.29 is 9.18 Å². The van der Waals surface area contributed by atoms with Gasteiger partial charge in [-0.1, -0.05) is 30.3 Å². The molecule has 1 aromatic heterocycles. The Labute approximate surface area is 176 Å². The fourth-order valence-corrected chi connectivity index (χ4v) is 4.10. The van der Waals surface area contributed by atoms with E-state index in [4.69, 9.17) is 0 Å². The molecule has 4 rings (SSSR count). The molecule has 1 atom stereocenters. The van der Waals surface area contributed by atoms with E-state index in [-0.39, 0.29) is 17.8 Å². The first-order valence-corrected chi connectivity index (χ1v) is 10.3. The van der Waals surface area contributed by atoms with Gasteiger partial charge in [0.1, 0.15) is 11.6 Å². The van der Waals surface area contributed by atoms with E-state index in [2.05, 4.69) is 39.1 Å². The highest BCUT2D eigenvalue weighted by atomic mass is 19.1. The second kappa shape index (κ2) is 8.79. The summed E-state index contributed by atoms with van der Waals surface area (Å²) in [6.07, 6.45) is 4.60. The summed E-state index contributed by atoms with van der Waals surface area (Å²) in [5, 5.41) is 3.63. The van der Waals surface area contributed by atoms with Crippen LogP contribution in [0.25, 0.3) is 0 Å². The number of nitrogens with zero attached hydrogens (tertiary/aromatic N) is 3. The summed E-state index contributed by atoms with van der Waals surface area (Å²) in [5.41, 5.74) is 4.37. The molecule has 2 heterocycles. The fourth-order valence-electron chi connectivity index (χ4n) is 4.10. The van der Waals surface area contributed by atoms with E-state index in [0.29, 0.717) is 19.6 Å². The molecule has 0 bridgehead atoms. The van der Waals surface area contributed by atoms with E-state index in [1.807, 2.05) is 25.4 Å². The highest BCUT2D eigenvalue weighted by Gasteiger charge is 2.23. The molecular formula is C24H27FN4O. The zero-order valence-electron chi connectivity index (χ0n) is 17.4. The molecule has 1 N–H and O–H groups in total. The second-order valence-corrected chi connectivity index (χ2v) is 7.93. The van der Waals surface area contributed by atoms with E-state index in [1.165, 1.54) is 17.2 Å². The van der Waals surface area contributed by atoms with Gasteiger partial charge in [-0.05, 0) is 47.7 Å². The molecule has 6 heteroatoms. The molecular weight excluding hydrogens is 379 g/mol. The Morgan fingerprint density at radius 2 is 2.07 bits per heavy atom. The normalized spacial score (nSPS) is 16.2. The van der Waals surface area contributed by atoms with Crippen molar-refractivity contribution in [2.75, 3.05) is 6.54 Å². The minimum Gasteiger partial charge on any atom is -0.339 e. The first-order valence-electron chi connectivity index (χ1n) is 10.3. The monoisotopic (exact) mass is 406 g/mol. The van der Waals surface area contributed by atoms with E-state index < -0.39 is 0 Å². The van der Waals surface area contributed by atoms with Crippen LogP contribution in [0.4, 0.5) is 4.39 Å². The van der Waals surface area contributed by atoms with Gasteiger partial charge < -0.3 is 14.8 Å². The Morgan fingerprint density at radius 3 is 2.83 bits per heavy atom. The molecule has 156 valence electrons. The van der Waals surface area contributed by atoms with Crippen LogP contribution in [-0.2, 0) is 24.4 Å². The van der Waals surface area contributed by atoms with Gasteiger partial charge in [-0.25, -0.2) is 9.37 Å². The van der Waals surface area contributed by atoms with Gasteiger partial charge in [-0.3, -0.25) is 4.79 Å². The number of carbonyl (C=O) groups excluding carboxylic acids is 1. The lowest BCUT2D eigenvalue weighted by atomic mass is 9.98. The molecule has 0 fully saturated rings. The van der Waals surface area contributed by atoms with E-state index in [0.717, 1.165) is 29.9 Å². The van der Waals surface area contributed by atoms with Crippen molar-refractivity contribution in [3.8, 4) is 0 Å². The number of hydrogen-bond acceptors (Lipinski definition) is 3. The minimum atomic E-state index is -0.264. The highest BCUT2D eigenvalue weighted by Crippen LogP contribution is 2.28. The van der Waals surface area contributed by atoms with Crippen molar-refractivity contribution >= 4 is 5.91 Å². The molecule has 0 saturated carbocycles. The van der Waals surface area contributed by atoms with Crippen LogP contribution in [0.15, 0.2) is 54.9 Å². The SMILES string of the molecule is CC(=O)N1CC[C@@H](NCc2cccc(Cn3ccnc3C)c2)c2ccc(F)cc2C1. The van der Waals surface area contributed by atoms with Crippen molar-refractivity contribution in [1.82, 2.24) is 19.8 Å². The van der Waals surface area contributed by atoms with Crippen LogP contribution in [-0.4, -0.2) is 26.9 Å². The molecule has 5 nitrogen and oxygen atoms in total. The van der Waals surface area contributed by atoms with Gasteiger partial charge in [0.05, 0.1) is 0 Å². The van der Waals surface area contributed by atoms with E-state index in [1.54, 1.807) is 17.9 Å². The third kappa shape index (κ3) is 4.60. The van der Waals surface area contributed by atoms with Crippen LogP contribution in [0.1, 0.15) is 47.5 Å². The zero-order chi connectivity index (χ0) is 21.1. The number of carbonyl (C=O) groups is 1. The summed E-state index contributed by atoms with van der Waals surface area (Å²) >= 11 is 0. The number of nitrogens with one attached hydrogen (secondary N) is 1. The Hall–Kier alpha value is -2.99. The molecule has 0 saturated heterocycles. The average molecular weight is 407 g/mol. The number of imidazole rings is 1. The average Bonchev–Trinajstić information content (AvgIpc) is 3.02. The molecule has 0 aliphatic carbocycles. The largest absolute Gasteiger partial charge is 0.339 e. The molecule has 3 aromatic rings. The van der Waals surface area contributed by atoms with Crippen LogP contribution >= 0.6 is 0 Å². The maximum Gasteiger partial charge on any atom is 0.219 e. The van der Waals surface area contributed by atoms with Crippen LogP contribution in [0, 0.1) is 12.7 Å². The number of fused-ring (bicyclic) bond motifs is 1. The van der Waals surface area contributed by atoms with E-state index in [9.17, 15) is 9.18 Å². The van der Waals surface area contributed by atoms with Crippen molar-refractivity contribution in [2.45, 2.75) is 45.9 Å². The van der Waals surface area contributed by atoms with E-state index >= 15 is 0 Å². The lowest BCUT2D eigenvalue weighted by Crippen LogP contribution is -2.29. The highest BCUT2D eigenvalue weighted by molar-refractivity contribution is 5.73. The van der Waals surface area contributed by atoms with Gasteiger partial charge in [0.15, 0.2) is 0 Å². The number of halogens is 1. The van der Waals surface area contributed by atoms with Crippen LogP contribution in [0.5, 0.6) is 0 Å². The summed E-state index contributed by atoms with van der Waals surface area (Å²) in [5.74, 6) is 0.754. The molecule has 0 unspecified atom stereocenters. The fraction of sp³-hybridized carbons (Fsp3) is 0.333. The van der Waals surface area contributed by atoms with Gasteiger partial charge in [0.25, 0.3) is 0 Å². The van der Waals surface area contributed by atoms with Crippen LogP contribution < -0.4 is 5.32 Å². The smallest absolute Gasteiger partial charge is 0.219 e. The Kier molecular flexibility index (Phi) is 5.95. The second-order valence-electron chi connectivity index (χ2n) is 7.93. The number of rotatable bonds is 5. The molecule has 1 amide bonds. The summed E-state index contributed by atoms with van der Waals surface area (Å²) in [6.45, 7) is 6.18. The third-order valence-electron chi connectivity index (χ3n) is 5.80. The van der Waals surface area contributed by atoms with Crippen molar-refractivity contribution in [2.24, 2.45) is 0 Å². The minimum absolute atomic E-state index is 0.0216. The van der Waals surface area contributed by atoms with Crippen LogP contribution in [0.3, 0.4) is 0 Å². The first-order chi connectivity index (χ1) is 14.5. The maximum absolute atomic E-state index is 13.8. The lowest BCUT2D eigenvalue weighted by molar-refractivity contribution is -0.129. The third-order valence-corrected chi connectivity index (χ3v) is 5.80. The Bertz CT molecular complexity index is 1050. The molecule has 0 radical (unpaired) electrons. The summed E-state index contributed by atoms with van der Waals surface area (Å²) in [7, 11) is 0. The predicted molar refractivity (Wildman–Crippen MR) is 114 cm³/mol. The molecule has 1 aliphatic heterocycles. The Balaban J connectivity index is 1.49. The number of aryl methyl sites for hydroxylation is 1.